The van der Waals surface area contributed by atoms with E-state index in [9.17, 15) is 38.7 Å². The third-order valence-electron chi connectivity index (χ3n) is 14.5. The van der Waals surface area contributed by atoms with Crippen molar-refractivity contribution in [3.05, 3.63) is 83.4 Å². The number of nitrogens with two attached hydrogens (primary N) is 4. The van der Waals surface area contributed by atoms with E-state index in [0.717, 1.165) is 24.0 Å². The van der Waals surface area contributed by atoms with Crippen molar-refractivity contribution in [3.63, 3.8) is 0 Å². The molecule has 0 saturated carbocycles. The van der Waals surface area contributed by atoms with E-state index in [4.69, 9.17) is 27.7 Å². The number of carbonyl (C=O) groups excluding carboxylic acids is 8. The number of rotatable bonds is 32. The molecule has 1 unspecified atom stereocenters. The van der Waals surface area contributed by atoms with Crippen molar-refractivity contribution >= 4 is 75.9 Å². The van der Waals surface area contributed by atoms with Crippen molar-refractivity contribution in [3.8, 4) is 0 Å². The van der Waals surface area contributed by atoms with Crippen molar-refractivity contribution in [1.29, 1.82) is 0 Å². The van der Waals surface area contributed by atoms with E-state index in [-0.39, 0.29) is 64.0 Å². The minimum atomic E-state index is -1.72. The fraction of sp³-hybridized carbons (Fsp3) is 0.518. The number of H-pyrrole nitrogens is 2. The summed E-state index contributed by atoms with van der Waals surface area (Å²) < 4.78 is 5.51. The first-order chi connectivity index (χ1) is 39.8. The first-order valence-electron chi connectivity index (χ1n) is 28.2. The minimum absolute atomic E-state index is 0.0392. The number of aliphatic imine (C=N–C) groups is 1. The van der Waals surface area contributed by atoms with Crippen LogP contribution in [0.15, 0.2) is 66.0 Å². The molecule has 83 heavy (non-hydrogen) atoms. The summed E-state index contributed by atoms with van der Waals surface area (Å²) in [4.78, 5) is 142. The Balaban J connectivity index is 1.34. The van der Waals surface area contributed by atoms with Gasteiger partial charge < -0.3 is 74.6 Å². The molecule has 0 aliphatic carbocycles. The maximum Gasteiger partial charge on any atom is 0.305 e. The highest BCUT2D eigenvalue weighted by Gasteiger charge is 2.40. The Morgan fingerprint density at radius 3 is 2.01 bits per heavy atom. The molecule has 1 saturated heterocycles. The van der Waals surface area contributed by atoms with E-state index in [0.29, 0.717) is 80.1 Å². The van der Waals surface area contributed by atoms with Crippen molar-refractivity contribution in [2.24, 2.45) is 33.8 Å². The number of aromatic amines is 2. The Kier molecular flexibility index (Phi) is 24.3. The van der Waals surface area contributed by atoms with Crippen LogP contribution in [0.25, 0.3) is 10.9 Å². The van der Waals surface area contributed by atoms with Crippen LogP contribution in [-0.4, -0.2) is 166 Å². The van der Waals surface area contributed by atoms with Gasteiger partial charge in [-0.05, 0) is 68.7 Å². The Labute approximate surface area is 481 Å². The van der Waals surface area contributed by atoms with Crippen molar-refractivity contribution in [2.75, 3.05) is 50.8 Å². The molecule has 2 aromatic heterocycles. The van der Waals surface area contributed by atoms with Gasteiger partial charge in [0.25, 0.3) is 5.91 Å². The highest BCUT2D eigenvalue weighted by Crippen LogP contribution is 2.36. The number of carbonyl (C=O) groups is 9. The Morgan fingerprint density at radius 1 is 0.747 bits per heavy atom. The summed E-state index contributed by atoms with van der Waals surface area (Å²) in [6.07, 6.45) is 4.57. The number of amides is 8. The van der Waals surface area contributed by atoms with Gasteiger partial charge in [-0.1, -0.05) is 62.2 Å². The number of ether oxygens (including phenoxy) is 1. The zero-order valence-corrected chi connectivity index (χ0v) is 47.1. The smallest absolute Gasteiger partial charge is 0.305 e. The highest BCUT2D eigenvalue weighted by molar-refractivity contribution is 6.05. The zero-order valence-electron chi connectivity index (χ0n) is 47.1. The summed E-state index contributed by atoms with van der Waals surface area (Å²) in [5, 5.41) is 26.7. The Bertz CT molecular complexity index is 2890. The number of aliphatic carboxylic acids is 1. The molecule has 8 amide bonds. The first-order valence-corrected chi connectivity index (χ1v) is 28.2. The van der Waals surface area contributed by atoms with Crippen LogP contribution in [0.3, 0.4) is 0 Å². The number of nitrogens with zero attached hydrogens (tertiary/aromatic N) is 4. The van der Waals surface area contributed by atoms with Crippen molar-refractivity contribution < 1.29 is 53.0 Å². The van der Waals surface area contributed by atoms with E-state index in [1.54, 1.807) is 0 Å². The van der Waals surface area contributed by atoms with Crippen LogP contribution in [0, 0.1) is 5.92 Å². The average Bonchev–Trinajstić information content (AvgIpc) is 4.29. The second-order valence-corrected chi connectivity index (χ2v) is 21.0. The molecule has 2 aliphatic heterocycles. The summed E-state index contributed by atoms with van der Waals surface area (Å²) in [6, 6.07) is 6.61. The molecule has 4 heterocycles. The largest absolute Gasteiger partial charge is 0.481 e. The van der Waals surface area contributed by atoms with Gasteiger partial charge in [0.15, 0.2) is 5.96 Å². The van der Waals surface area contributed by atoms with Gasteiger partial charge in [0.05, 0.1) is 31.9 Å². The molecule has 450 valence electrons. The number of carboxylic acids is 1. The normalized spacial score (nSPS) is 16.4. The van der Waals surface area contributed by atoms with Gasteiger partial charge in [0.2, 0.25) is 41.4 Å². The van der Waals surface area contributed by atoms with Gasteiger partial charge in [-0.15, -0.1) is 0 Å². The number of hydrogen-bond donors (Lipinski definition) is 13. The Morgan fingerprint density at radius 2 is 1.37 bits per heavy atom. The predicted octanol–water partition coefficient (Wildman–Crippen LogP) is -1.02. The number of anilines is 1. The predicted molar refractivity (Wildman–Crippen MR) is 307 cm³/mol. The van der Waals surface area contributed by atoms with Gasteiger partial charge in [0.1, 0.15) is 42.1 Å². The van der Waals surface area contributed by atoms with Crippen LogP contribution in [0.2, 0.25) is 0 Å². The third-order valence-corrected chi connectivity index (χ3v) is 14.5. The molecular formula is C56H80N16O11. The van der Waals surface area contributed by atoms with E-state index in [1.165, 1.54) is 24.3 Å². The lowest BCUT2D eigenvalue weighted by molar-refractivity contribution is -0.141. The molecule has 2 aliphatic rings. The third kappa shape index (κ3) is 19.3. The van der Waals surface area contributed by atoms with E-state index in [1.807, 2.05) is 55.5 Å². The molecule has 6 rings (SSSR count). The van der Waals surface area contributed by atoms with E-state index < -0.39 is 102 Å². The fourth-order valence-electron chi connectivity index (χ4n) is 10.1. The number of benzene rings is 2. The van der Waals surface area contributed by atoms with Crippen molar-refractivity contribution in [1.82, 2.24) is 51.8 Å². The number of aromatic nitrogens is 3. The van der Waals surface area contributed by atoms with Crippen LogP contribution >= 0.6 is 0 Å². The van der Waals surface area contributed by atoms with E-state index >= 15 is 9.59 Å². The summed E-state index contributed by atoms with van der Waals surface area (Å²) in [5.41, 5.74) is 26.0. The van der Waals surface area contributed by atoms with Crippen LogP contribution < -0.4 is 59.7 Å². The topological polar surface area (TPSA) is 423 Å². The number of imidazole rings is 1. The standard InChI is InChI=1S/C56H80N16O11/c1-3-4-11-42(64-33(2)73)51(78)70-46(28-47(74)75)54(81)69-45(27-37-29-61-32-63-37)53(80)68-44(25-34-15-17-35(18-16-34)30-71-21-23-83-24-22-71)52(79)67-43(14-9-20-62-56(59)60)55(82)72-31-36(50(77)66-41(48(58)76)13-7-8-19-57)26-39-38-10-5-6-12-40(38)65-49(39)72/h5-6,10,12,15-18,29,32,36,41-46,65H,3-4,7-9,11,13-14,19-28,30-31,57H2,1-2H3,(H2,58,76)(H,61,63)(H,64,73)(H,66,77)(H,67,79)(H,68,80)(H,69,81)(H,70,78)(H,74,75)(H4,59,60,62)/t36?,41-,42-,43-,44+,45-,46-/m0/s1. The number of carboxylic acid groups (broad SMARTS) is 1. The molecule has 2 aromatic carbocycles. The molecule has 0 spiro atoms. The van der Waals surface area contributed by atoms with Gasteiger partial charge in [-0.2, -0.15) is 0 Å². The number of hydrogen-bond acceptors (Lipinski definition) is 14. The minimum Gasteiger partial charge on any atom is -0.481 e. The average molecular weight is 1150 g/mol. The molecule has 17 N–H and O–H groups in total. The zero-order chi connectivity index (χ0) is 60.0. The first kappa shape index (κ1) is 63.7. The number of guanidine groups is 1. The lowest BCUT2D eigenvalue weighted by Crippen LogP contribution is -2.60. The molecule has 0 radical (unpaired) electrons. The number of fused-ring (bicyclic) bond motifs is 3. The lowest BCUT2D eigenvalue weighted by Gasteiger charge is -2.35. The second-order valence-electron chi connectivity index (χ2n) is 21.0. The summed E-state index contributed by atoms with van der Waals surface area (Å²) in [6.45, 7) is 6.70. The summed E-state index contributed by atoms with van der Waals surface area (Å²) >= 11 is 0. The van der Waals surface area contributed by atoms with Crippen LogP contribution in [0.1, 0.15) is 94.0 Å². The molecule has 4 aromatic rings. The SMILES string of the molecule is CCCC[C@H](NC(C)=O)C(=O)N[C@@H](CC(=O)O)C(=O)N[C@@H](Cc1cnc[nH]1)C(=O)N[C@H](Cc1ccc(CN2CCOCC2)cc1)C(=O)N[C@@H](CCCN=C(N)N)C(=O)N1CC(C(=O)N[C@@H](CCCCN)C(N)=O)Cc2c1[nH]c1ccccc21. The summed E-state index contributed by atoms with van der Waals surface area (Å²) in [5.74, 6) is -8.12. The van der Waals surface area contributed by atoms with E-state index in [2.05, 4.69) is 56.7 Å². The maximum atomic E-state index is 15.4. The highest BCUT2D eigenvalue weighted by atomic mass is 16.5. The number of unbranched alkanes of at least 4 members (excludes halogenated alkanes) is 2. The molecule has 7 atom stereocenters. The lowest BCUT2D eigenvalue weighted by atomic mass is 9.91. The fourth-order valence-corrected chi connectivity index (χ4v) is 10.1. The van der Waals surface area contributed by atoms with Crippen LogP contribution in [0.4, 0.5) is 5.82 Å². The summed E-state index contributed by atoms with van der Waals surface area (Å²) in [7, 11) is 0. The van der Waals surface area contributed by atoms with Gasteiger partial charge >= 0.3 is 5.97 Å². The second kappa shape index (κ2) is 31.7. The van der Waals surface area contributed by atoms with Gasteiger partial charge in [-0.25, -0.2) is 4.98 Å². The number of para-hydroxylation sites is 1. The number of nitrogens with one attached hydrogen (secondary N) is 8. The monoisotopic (exact) mass is 1150 g/mol. The van der Waals surface area contributed by atoms with Crippen LogP contribution in [0.5, 0.6) is 0 Å². The number of morpholine rings is 1. The molecular weight excluding hydrogens is 1070 g/mol. The molecule has 1 fully saturated rings. The van der Waals surface area contributed by atoms with Gasteiger partial charge in [0, 0.05) is 80.8 Å². The van der Waals surface area contributed by atoms with Gasteiger partial charge in [-0.3, -0.25) is 57.9 Å². The maximum absolute atomic E-state index is 15.4. The van der Waals surface area contributed by atoms with Crippen LogP contribution in [-0.2, 0) is 73.7 Å². The number of primary amides is 1. The van der Waals surface area contributed by atoms with Crippen molar-refractivity contribution in [2.45, 2.75) is 134 Å². The Hall–Kier alpha value is -8.43. The molecule has 27 heteroatoms. The molecule has 0 bridgehead atoms. The quantitative estimate of drug-likeness (QED) is 0.0158. The molecule has 27 nitrogen and oxygen atoms in total.